The standard InChI is InChI=1S/C21H25NO4/c1-5-25-20(23)18-14(3)22-15(4)19(21(24)26-6-2)17(18)13-12-16-10-8-7-9-11-16/h7-13,17-18H,5-6H2,1-4H3/b13-12+/t17-,18?/m1/s1. The molecule has 0 fully saturated rings. The van der Waals surface area contributed by atoms with E-state index in [1.54, 1.807) is 27.7 Å². The van der Waals surface area contributed by atoms with Gasteiger partial charge in [-0.05, 0) is 33.3 Å². The van der Waals surface area contributed by atoms with Crippen molar-refractivity contribution in [3.05, 3.63) is 53.2 Å². The number of hydrogen-bond acceptors (Lipinski definition) is 5. The van der Waals surface area contributed by atoms with Crippen LogP contribution in [0.3, 0.4) is 0 Å². The molecule has 0 amide bonds. The largest absolute Gasteiger partial charge is 0.465 e. The molecule has 0 spiro atoms. The molecule has 0 radical (unpaired) electrons. The Bertz CT molecular complexity index is 747. The number of aliphatic imine (C=N–C) groups is 1. The van der Waals surface area contributed by atoms with E-state index in [1.165, 1.54) is 0 Å². The normalized spacial score (nSPS) is 20.1. The van der Waals surface area contributed by atoms with E-state index in [-0.39, 0.29) is 19.2 Å². The minimum absolute atomic E-state index is 0.261. The van der Waals surface area contributed by atoms with Gasteiger partial charge in [-0.25, -0.2) is 4.79 Å². The highest BCUT2D eigenvalue weighted by atomic mass is 16.5. The van der Waals surface area contributed by atoms with E-state index in [0.717, 1.165) is 5.56 Å². The highest BCUT2D eigenvalue weighted by molar-refractivity contribution is 6.06. The van der Waals surface area contributed by atoms with E-state index in [0.29, 0.717) is 17.0 Å². The Morgan fingerprint density at radius 2 is 1.73 bits per heavy atom. The zero-order valence-corrected chi connectivity index (χ0v) is 15.7. The Hall–Kier alpha value is -2.69. The van der Waals surface area contributed by atoms with Crippen LogP contribution in [0.2, 0.25) is 0 Å². The highest BCUT2D eigenvalue weighted by Gasteiger charge is 2.39. The zero-order chi connectivity index (χ0) is 19.1. The van der Waals surface area contributed by atoms with Gasteiger partial charge in [0.25, 0.3) is 0 Å². The van der Waals surface area contributed by atoms with Crippen molar-refractivity contribution in [2.45, 2.75) is 27.7 Å². The topological polar surface area (TPSA) is 65.0 Å². The summed E-state index contributed by atoms with van der Waals surface area (Å²) in [6.45, 7) is 7.60. The van der Waals surface area contributed by atoms with Crippen molar-refractivity contribution in [1.82, 2.24) is 0 Å². The first-order valence-corrected chi connectivity index (χ1v) is 8.82. The number of rotatable bonds is 6. The number of ether oxygens (including phenoxy) is 2. The molecule has 0 N–H and O–H groups in total. The predicted octanol–water partition coefficient (Wildman–Crippen LogP) is 3.81. The maximum atomic E-state index is 12.6. The molecule has 0 saturated carbocycles. The maximum Gasteiger partial charge on any atom is 0.336 e. The van der Waals surface area contributed by atoms with Gasteiger partial charge in [0, 0.05) is 17.3 Å². The lowest BCUT2D eigenvalue weighted by molar-refractivity contribution is -0.146. The Labute approximate surface area is 154 Å². The van der Waals surface area contributed by atoms with Gasteiger partial charge in [0.15, 0.2) is 0 Å². The molecular formula is C21H25NO4. The van der Waals surface area contributed by atoms with Crippen molar-refractivity contribution in [2.75, 3.05) is 13.2 Å². The van der Waals surface area contributed by atoms with Crippen LogP contribution in [0.25, 0.3) is 6.08 Å². The summed E-state index contributed by atoms with van der Waals surface area (Å²) in [6, 6.07) is 9.72. The molecule has 1 aliphatic rings. The molecular weight excluding hydrogens is 330 g/mol. The summed E-state index contributed by atoms with van der Waals surface area (Å²) in [5.41, 5.74) is 2.60. The number of benzene rings is 1. The number of esters is 2. The third-order valence-corrected chi connectivity index (χ3v) is 4.21. The minimum Gasteiger partial charge on any atom is -0.465 e. The van der Waals surface area contributed by atoms with Crippen LogP contribution in [0.5, 0.6) is 0 Å². The molecule has 0 bridgehead atoms. The zero-order valence-electron chi connectivity index (χ0n) is 15.7. The fourth-order valence-corrected chi connectivity index (χ4v) is 3.09. The van der Waals surface area contributed by atoms with Gasteiger partial charge in [0.05, 0.1) is 18.8 Å². The first kappa shape index (κ1) is 19.6. The molecule has 0 aliphatic carbocycles. The van der Waals surface area contributed by atoms with Crippen LogP contribution < -0.4 is 0 Å². The van der Waals surface area contributed by atoms with Crippen molar-refractivity contribution in [1.29, 1.82) is 0 Å². The van der Waals surface area contributed by atoms with Gasteiger partial charge in [0.1, 0.15) is 5.92 Å². The lowest BCUT2D eigenvalue weighted by Gasteiger charge is -2.29. The fraction of sp³-hybridized carbons (Fsp3) is 0.381. The summed E-state index contributed by atoms with van der Waals surface area (Å²) < 4.78 is 10.4. The third-order valence-electron chi connectivity index (χ3n) is 4.21. The summed E-state index contributed by atoms with van der Waals surface area (Å²) in [6.07, 6.45) is 3.77. The Kier molecular flexibility index (Phi) is 6.89. The molecule has 1 aliphatic heterocycles. The first-order valence-electron chi connectivity index (χ1n) is 8.82. The average Bonchev–Trinajstić information content (AvgIpc) is 2.60. The average molecular weight is 355 g/mol. The second kappa shape index (κ2) is 9.13. The number of nitrogens with zero attached hydrogens (tertiary/aromatic N) is 1. The number of hydrogen-bond donors (Lipinski definition) is 0. The molecule has 0 aromatic heterocycles. The lowest BCUT2D eigenvalue weighted by atomic mass is 9.79. The highest BCUT2D eigenvalue weighted by Crippen LogP contribution is 2.34. The number of allylic oxidation sites excluding steroid dienone is 2. The predicted molar refractivity (Wildman–Crippen MR) is 102 cm³/mol. The van der Waals surface area contributed by atoms with Crippen molar-refractivity contribution in [2.24, 2.45) is 16.8 Å². The first-order chi connectivity index (χ1) is 12.5. The van der Waals surface area contributed by atoms with Gasteiger partial charge in [0.2, 0.25) is 0 Å². The van der Waals surface area contributed by atoms with E-state index >= 15 is 0 Å². The van der Waals surface area contributed by atoms with Crippen LogP contribution in [-0.2, 0) is 19.1 Å². The molecule has 26 heavy (non-hydrogen) atoms. The van der Waals surface area contributed by atoms with E-state index in [2.05, 4.69) is 4.99 Å². The quantitative estimate of drug-likeness (QED) is 0.728. The summed E-state index contributed by atoms with van der Waals surface area (Å²) >= 11 is 0. The molecule has 5 nitrogen and oxygen atoms in total. The van der Waals surface area contributed by atoms with Gasteiger partial charge in [-0.2, -0.15) is 0 Å². The Morgan fingerprint density at radius 1 is 1.08 bits per heavy atom. The van der Waals surface area contributed by atoms with E-state index in [1.807, 2.05) is 42.5 Å². The van der Waals surface area contributed by atoms with Gasteiger partial charge in [-0.3, -0.25) is 9.79 Å². The molecule has 5 heteroatoms. The van der Waals surface area contributed by atoms with Crippen LogP contribution in [0.1, 0.15) is 33.3 Å². The number of carbonyl (C=O) groups is 2. The molecule has 2 rings (SSSR count). The number of carbonyl (C=O) groups excluding carboxylic acids is 2. The van der Waals surface area contributed by atoms with Crippen LogP contribution >= 0.6 is 0 Å². The van der Waals surface area contributed by atoms with Crippen LogP contribution in [0, 0.1) is 11.8 Å². The molecule has 1 heterocycles. The summed E-state index contributed by atoms with van der Waals surface area (Å²) in [5.74, 6) is -1.95. The van der Waals surface area contributed by atoms with Crippen LogP contribution in [0.15, 0.2) is 52.7 Å². The van der Waals surface area contributed by atoms with Crippen molar-refractivity contribution < 1.29 is 19.1 Å². The Balaban J connectivity index is 2.47. The van der Waals surface area contributed by atoms with Gasteiger partial charge < -0.3 is 9.47 Å². The van der Waals surface area contributed by atoms with Crippen LogP contribution in [0.4, 0.5) is 0 Å². The third kappa shape index (κ3) is 4.48. The van der Waals surface area contributed by atoms with Crippen LogP contribution in [-0.4, -0.2) is 30.9 Å². The Morgan fingerprint density at radius 3 is 2.35 bits per heavy atom. The molecule has 1 aromatic carbocycles. The monoisotopic (exact) mass is 355 g/mol. The van der Waals surface area contributed by atoms with Crippen molar-refractivity contribution >= 4 is 23.7 Å². The van der Waals surface area contributed by atoms with Gasteiger partial charge >= 0.3 is 11.9 Å². The minimum atomic E-state index is -0.641. The lowest BCUT2D eigenvalue weighted by Crippen LogP contribution is -2.37. The molecule has 1 aromatic rings. The van der Waals surface area contributed by atoms with Crippen molar-refractivity contribution in [3.63, 3.8) is 0 Å². The van der Waals surface area contributed by atoms with E-state index in [9.17, 15) is 9.59 Å². The summed E-state index contributed by atoms with van der Waals surface area (Å²) in [5, 5.41) is 0. The van der Waals surface area contributed by atoms with E-state index in [4.69, 9.17) is 9.47 Å². The van der Waals surface area contributed by atoms with Crippen molar-refractivity contribution in [3.8, 4) is 0 Å². The summed E-state index contributed by atoms with van der Waals surface area (Å²) in [7, 11) is 0. The van der Waals surface area contributed by atoms with Gasteiger partial charge in [-0.15, -0.1) is 0 Å². The molecule has 1 unspecified atom stereocenters. The second-order valence-electron chi connectivity index (χ2n) is 6.00. The fourth-order valence-electron chi connectivity index (χ4n) is 3.09. The second-order valence-corrected chi connectivity index (χ2v) is 6.00. The SMILES string of the molecule is CCOC(=O)C1=C(C)N=C(C)C(C(=O)OCC)[C@H]1/C=C/c1ccccc1. The van der Waals surface area contributed by atoms with Gasteiger partial charge in [-0.1, -0.05) is 42.5 Å². The molecule has 0 saturated heterocycles. The smallest absolute Gasteiger partial charge is 0.336 e. The molecule has 138 valence electrons. The maximum absolute atomic E-state index is 12.6. The van der Waals surface area contributed by atoms with E-state index < -0.39 is 17.8 Å². The summed E-state index contributed by atoms with van der Waals surface area (Å²) in [4.78, 5) is 29.5. The molecule has 2 atom stereocenters.